The third-order valence-corrected chi connectivity index (χ3v) is 3.37. The zero-order chi connectivity index (χ0) is 13.4. The molecule has 0 aliphatic carbocycles. The molecule has 4 heteroatoms. The molecule has 2 aromatic carbocycles. The first-order valence-electron chi connectivity index (χ1n) is 5.90. The lowest BCUT2D eigenvalue weighted by Gasteiger charge is -2.29. The van der Waals surface area contributed by atoms with Crippen molar-refractivity contribution in [2.24, 2.45) is 0 Å². The van der Waals surface area contributed by atoms with Crippen molar-refractivity contribution < 1.29 is 14.6 Å². The van der Waals surface area contributed by atoms with Gasteiger partial charge in [-0.05, 0) is 29.8 Å². The lowest BCUT2D eigenvalue weighted by Crippen LogP contribution is -2.36. The van der Waals surface area contributed by atoms with Gasteiger partial charge in [0.05, 0.1) is 5.56 Å². The van der Waals surface area contributed by atoms with E-state index in [1.165, 1.54) is 0 Å². The molecular weight excluding hydrogens is 264 g/mol. The highest BCUT2D eigenvalue weighted by Gasteiger charge is 2.36. The van der Waals surface area contributed by atoms with Crippen molar-refractivity contribution in [2.75, 3.05) is 0 Å². The molecule has 3 rings (SSSR count). The lowest BCUT2D eigenvalue weighted by atomic mass is 9.94. The molecule has 0 bridgehead atoms. The minimum atomic E-state index is -1.21. The number of fused-ring (bicyclic) bond motifs is 1. The molecule has 0 spiro atoms. The van der Waals surface area contributed by atoms with Gasteiger partial charge in [-0.25, -0.2) is 0 Å². The predicted octanol–water partition coefficient (Wildman–Crippen LogP) is 3.02. The molecule has 0 radical (unpaired) electrons. The summed E-state index contributed by atoms with van der Waals surface area (Å²) in [4.78, 5) is 12.1. The molecule has 0 amide bonds. The van der Waals surface area contributed by atoms with Crippen LogP contribution in [0, 0.1) is 0 Å². The van der Waals surface area contributed by atoms with Crippen LogP contribution in [0.4, 0.5) is 0 Å². The van der Waals surface area contributed by atoms with E-state index < -0.39 is 12.2 Å². The highest BCUT2D eigenvalue weighted by molar-refractivity contribution is 6.30. The van der Waals surface area contributed by atoms with Gasteiger partial charge in [0, 0.05) is 5.02 Å². The zero-order valence-electron chi connectivity index (χ0n) is 9.92. The number of aliphatic hydroxyl groups excluding tert-OH is 1. The summed E-state index contributed by atoms with van der Waals surface area (Å²) in [5, 5.41) is 10.7. The van der Waals surface area contributed by atoms with Gasteiger partial charge >= 0.3 is 0 Å². The van der Waals surface area contributed by atoms with E-state index in [0.29, 0.717) is 21.9 Å². The van der Waals surface area contributed by atoms with E-state index >= 15 is 0 Å². The van der Waals surface area contributed by atoms with Gasteiger partial charge in [-0.1, -0.05) is 35.9 Å². The van der Waals surface area contributed by atoms with Crippen molar-refractivity contribution >= 4 is 17.4 Å². The van der Waals surface area contributed by atoms with E-state index in [0.717, 1.165) is 0 Å². The van der Waals surface area contributed by atoms with Crippen LogP contribution in [0.2, 0.25) is 5.02 Å². The van der Waals surface area contributed by atoms with Gasteiger partial charge in [0.25, 0.3) is 0 Å². The van der Waals surface area contributed by atoms with Gasteiger partial charge in [-0.2, -0.15) is 0 Å². The summed E-state index contributed by atoms with van der Waals surface area (Å²) in [7, 11) is 0. The third kappa shape index (κ3) is 2.11. The number of rotatable bonds is 1. The molecule has 1 heterocycles. The zero-order valence-corrected chi connectivity index (χ0v) is 10.7. The van der Waals surface area contributed by atoms with Crippen LogP contribution < -0.4 is 4.74 Å². The number of benzene rings is 2. The van der Waals surface area contributed by atoms with E-state index in [-0.39, 0.29) is 5.78 Å². The summed E-state index contributed by atoms with van der Waals surface area (Å²) in [5.41, 5.74) is 1.09. The predicted molar refractivity (Wildman–Crippen MR) is 71.6 cm³/mol. The number of para-hydroxylation sites is 1. The number of hydrogen-bond acceptors (Lipinski definition) is 3. The Bertz CT molecular complexity index is 639. The van der Waals surface area contributed by atoms with Crippen LogP contribution in [0.25, 0.3) is 0 Å². The SMILES string of the molecule is O=C1c2ccccc2OC(c2cccc(Cl)c2)[C@H]1O. The molecule has 0 aromatic heterocycles. The van der Waals surface area contributed by atoms with Crippen molar-refractivity contribution in [2.45, 2.75) is 12.2 Å². The molecule has 96 valence electrons. The Morgan fingerprint density at radius 1 is 1.11 bits per heavy atom. The Morgan fingerprint density at radius 3 is 2.68 bits per heavy atom. The van der Waals surface area contributed by atoms with Crippen LogP contribution in [-0.4, -0.2) is 17.0 Å². The first-order chi connectivity index (χ1) is 9.16. The molecule has 2 aromatic rings. The van der Waals surface area contributed by atoms with Gasteiger partial charge in [0.1, 0.15) is 5.75 Å². The third-order valence-electron chi connectivity index (χ3n) is 3.14. The van der Waals surface area contributed by atoms with Gasteiger partial charge < -0.3 is 9.84 Å². The highest BCUT2D eigenvalue weighted by atomic mass is 35.5. The number of ether oxygens (including phenoxy) is 1. The maximum atomic E-state index is 12.1. The summed E-state index contributed by atoms with van der Waals surface area (Å²) in [6.07, 6.45) is -1.94. The van der Waals surface area contributed by atoms with Crippen molar-refractivity contribution in [1.82, 2.24) is 0 Å². The number of halogens is 1. The summed E-state index contributed by atoms with van der Waals surface area (Å²) >= 11 is 5.93. The van der Waals surface area contributed by atoms with Crippen LogP contribution in [0.1, 0.15) is 22.0 Å². The fourth-order valence-electron chi connectivity index (χ4n) is 2.20. The topological polar surface area (TPSA) is 46.5 Å². The summed E-state index contributed by atoms with van der Waals surface area (Å²) in [6.45, 7) is 0. The molecule has 3 nitrogen and oxygen atoms in total. The summed E-state index contributed by atoms with van der Waals surface area (Å²) < 4.78 is 5.73. The van der Waals surface area contributed by atoms with E-state index in [1.807, 2.05) is 0 Å². The van der Waals surface area contributed by atoms with Gasteiger partial charge in [0.2, 0.25) is 0 Å². The summed E-state index contributed by atoms with van der Waals surface area (Å²) in [5.74, 6) is 0.162. The molecule has 1 aliphatic heterocycles. The van der Waals surface area contributed by atoms with Crippen LogP contribution in [0.15, 0.2) is 48.5 Å². The first kappa shape index (κ1) is 12.2. The second-order valence-electron chi connectivity index (χ2n) is 4.40. The molecule has 1 unspecified atom stereocenters. The minimum Gasteiger partial charge on any atom is -0.482 e. The second kappa shape index (κ2) is 4.68. The van der Waals surface area contributed by atoms with Crippen LogP contribution >= 0.6 is 11.6 Å². The molecule has 0 saturated carbocycles. The number of Topliss-reactive ketones (excluding diaryl/α,β-unsaturated/α-hetero) is 1. The number of carbonyl (C=O) groups is 1. The van der Waals surface area contributed by atoms with E-state index in [4.69, 9.17) is 16.3 Å². The second-order valence-corrected chi connectivity index (χ2v) is 4.84. The van der Waals surface area contributed by atoms with Crippen molar-refractivity contribution in [3.05, 3.63) is 64.7 Å². The average Bonchev–Trinajstić information content (AvgIpc) is 2.43. The van der Waals surface area contributed by atoms with Gasteiger partial charge in [-0.3, -0.25) is 4.79 Å². The Morgan fingerprint density at radius 2 is 1.89 bits per heavy atom. The van der Waals surface area contributed by atoms with Crippen LogP contribution in [-0.2, 0) is 0 Å². The quantitative estimate of drug-likeness (QED) is 0.869. The standard InChI is InChI=1S/C15H11ClO3/c16-10-5-3-4-9(8-10)15-14(18)13(17)11-6-1-2-7-12(11)19-15/h1-8,14-15,18H/t14-,15?/m0/s1. The summed E-state index contributed by atoms with van der Waals surface area (Å²) in [6, 6.07) is 13.9. The Hall–Kier alpha value is -1.84. The molecular formula is C15H11ClO3. The first-order valence-corrected chi connectivity index (χ1v) is 6.28. The fraction of sp³-hybridized carbons (Fsp3) is 0.133. The minimum absolute atomic E-state index is 0.327. The molecule has 0 saturated heterocycles. The molecule has 0 fully saturated rings. The monoisotopic (exact) mass is 274 g/mol. The Kier molecular flexibility index (Phi) is 3.01. The molecule has 2 atom stereocenters. The number of hydrogen-bond donors (Lipinski definition) is 1. The van der Waals surface area contributed by atoms with E-state index in [2.05, 4.69) is 0 Å². The Balaban J connectivity index is 2.04. The van der Waals surface area contributed by atoms with Crippen molar-refractivity contribution in [3.63, 3.8) is 0 Å². The maximum absolute atomic E-state index is 12.1. The van der Waals surface area contributed by atoms with Crippen molar-refractivity contribution in [1.29, 1.82) is 0 Å². The lowest BCUT2D eigenvalue weighted by molar-refractivity contribution is 0.0216. The van der Waals surface area contributed by atoms with Crippen LogP contribution in [0.3, 0.4) is 0 Å². The normalized spacial score (nSPS) is 21.7. The molecule has 1 aliphatic rings. The number of aliphatic hydroxyl groups is 1. The number of carbonyl (C=O) groups excluding carboxylic acids is 1. The molecule has 19 heavy (non-hydrogen) atoms. The van der Waals surface area contributed by atoms with Gasteiger partial charge in [-0.15, -0.1) is 0 Å². The smallest absolute Gasteiger partial charge is 0.199 e. The fourth-order valence-corrected chi connectivity index (χ4v) is 2.40. The van der Waals surface area contributed by atoms with E-state index in [9.17, 15) is 9.90 Å². The van der Waals surface area contributed by atoms with E-state index in [1.54, 1.807) is 48.5 Å². The van der Waals surface area contributed by atoms with Crippen molar-refractivity contribution in [3.8, 4) is 5.75 Å². The average molecular weight is 275 g/mol. The highest BCUT2D eigenvalue weighted by Crippen LogP contribution is 2.35. The van der Waals surface area contributed by atoms with Crippen LogP contribution in [0.5, 0.6) is 5.75 Å². The number of ketones is 1. The molecule has 1 N–H and O–H groups in total. The largest absolute Gasteiger partial charge is 0.482 e. The Labute approximate surface area is 115 Å². The maximum Gasteiger partial charge on any atom is 0.199 e. The van der Waals surface area contributed by atoms with Gasteiger partial charge in [0.15, 0.2) is 18.0 Å².